The molecule has 2 aromatic heterocycles. The second-order valence-corrected chi connectivity index (χ2v) is 9.01. The Kier molecular flexibility index (Phi) is 5.29. The molecule has 1 aliphatic carbocycles. The number of aromatic nitrogens is 3. The quantitative estimate of drug-likeness (QED) is 0.569. The van der Waals surface area contributed by atoms with Crippen molar-refractivity contribution in [1.29, 1.82) is 0 Å². The fraction of sp³-hybridized carbons (Fsp3) is 0.458. The summed E-state index contributed by atoms with van der Waals surface area (Å²) in [5.74, 6) is -0.133. The molecular weight excluding hydrogens is 431 g/mol. The standard InChI is InChI=1S/C24H26F3N5O/c1-14-21-17(13-18(15-6-7-15)28-22(21)31(2)30-14)23(33)29-19-12-16(24(25,26)27)8-9-20(19)32-10-4-3-5-11-32/h8-9,12-13,15H,3-7,10-11H2,1-2H3,(H,29,33). The molecule has 1 N–H and O–H groups in total. The van der Waals surface area contributed by atoms with Crippen LogP contribution in [-0.4, -0.2) is 33.8 Å². The minimum Gasteiger partial charge on any atom is -0.370 e. The molecule has 1 amide bonds. The summed E-state index contributed by atoms with van der Waals surface area (Å²) in [6, 6.07) is 5.37. The zero-order chi connectivity index (χ0) is 23.3. The maximum Gasteiger partial charge on any atom is 0.416 e. The molecule has 9 heteroatoms. The summed E-state index contributed by atoms with van der Waals surface area (Å²) in [6.45, 7) is 3.31. The van der Waals surface area contributed by atoms with Crippen molar-refractivity contribution in [3.63, 3.8) is 0 Å². The van der Waals surface area contributed by atoms with Crippen molar-refractivity contribution in [2.24, 2.45) is 7.05 Å². The van der Waals surface area contributed by atoms with E-state index in [0.717, 1.165) is 63.0 Å². The summed E-state index contributed by atoms with van der Waals surface area (Å²) < 4.78 is 42.1. The Hall–Kier alpha value is -3.10. The number of nitrogens with zero attached hydrogens (tertiary/aromatic N) is 4. The molecule has 5 rings (SSSR count). The summed E-state index contributed by atoms with van der Waals surface area (Å²) in [6.07, 6.45) is 0.575. The number of carbonyl (C=O) groups excluding carboxylic acids is 1. The Morgan fingerprint density at radius 3 is 2.52 bits per heavy atom. The molecule has 33 heavy (non-hydrogen) atoms. The maximum atomic E-state index is 13.5. The van der Waals surface area contributed by atoms with Gasteiger partial charge in [0.05, 0.1) is 33.6 Å². The van der Waals surface area contributed by atoms with Crippen molar-refractivity contribution >= 4 is 28.3 Å². The van der Waals surface area contributed by atoms with Gasteiger partial charge in [-0.05, 0) is 63.3 Å². The van der Waals surface area contributed by atoms with Crippen LogP contribution in [-0.2, 0) is 13.2 Å². The van der Waals surface area contributed by atoms with Gasteiger partial charge in [0.1, 0.15) is 0 Å². The number of nitrogens with one attached hydrogen (secondary N) is 1. The molecule has 0 spiro atoms. The zero-order valence-corrected chi connectivity index (χ0v) is 18.7. The summed E-state index contributed by atoms with van der Waals surface area (Å²) >= 11 is 0. The van der Waals surface area contributed by atoms with E-state index >= 15 is 0 Å². The molecule has 3 aromatic rings. The lowest BCUT2D eigenvalue weighted by Gasteiger charge is -2.31. The van der Waals surface area contributed by atoms with Crippen LogP contribution in [0.15, 0.2) is 24.3 Å². The number of carbonyl (C=O) groups is 1. The molecule has 0 bridgehead atoms. The predicted molar refractivity (Wildman–Crippen MR) is 121 cm³/mol. The molecule has 174 valence electrons. The Balaban J connectivity index is 1.57. The molecule has 2 aliphatic rings. The van der Waals surface area contributed by atoms with Crippen LogP contribution >= 0.6 is 0 Å². The largest absolute Gasteiger partial charge is 0.416 e. The second kappa shape index (κ2) is 8.04. The van der Waals surface area contributed by atoms with Crippen LogP contribution < -0.4 is 10.2 Å². The number of alkyl halides is 3. The minimum absolute atomic E-state index is 0.177. The van der Waals surface area contributed by atoms with E-state index in [1.807, 2.05) is 4.90 Å². The second-order valence-electron chi connectivity index (χ2n) is 9.01. The van der Waals surface area contributed by atoms with Crippen LogP contribution in [0.4, 0.5) is 24.5 Å². The lowest BCUT2D eigenvalue weighted by molar-refractivity contribution is -0.137. The normalized spacial score (nSPS) is 16.9. The van der Waals surface area contributed by atoms with Crippen molar-refractivity contribution in [3.05, 3.63) is 46.8 Å². The first kappa shape index (κ1) is 21.7. The first-order valence-corrected chi connectivity index (χ1v) is 11.3. The molecule has 6 nitrogen and oxygen atoms in total. The number of hydrogen-bond acceptors (Lipinski definition) is 4. The lowest BCUT2D eigenvalue weighted by atomic mass is 10.1. The molecule has 2 fully saturated rings. The Labute approximate surface area is 189 Å². The number of anilines is 2. The maximum absolute atomic E-state index is 13.5. The van der Waals surface area contributed by atoms with Gasteiger partial charge < -0.3 is 10.2 Å². The zero-order valence-electron chi connectivity index (χ0n) is 18.7. The van der Waals surface area contributed by atoms with Crippen molar-refractivity contribution in [1.82, 2.24) is 14.8 Å². The van der Waals surface area contributed by atoms with Crippen molar-refractivity contribution in [3.8, 4) is 0 Å². The number of halogens is 3. The van der Waals surface area contributed by atoms with Gasteiger partial charge in [-0.25, -0.2) is 4.98 Å². The van der Waals surface area contributed by atoms with E-state index in [4.69, 9.17) is 4.98 Å². The highest BCUT2D eigenvalue weighted by Gasteiger charge is 2.33. The number of aryl methyl sites for hydroxylation is 2. The Morgan fingerprint density at radius 1 is 1.12 bits per heavy atom. The van der Waals surface area contributed by atoms with Gasteiger partial charge >= 0.3 is 6.18 Å². The van der Waals surface area contributed by atoms with Crippen LogP contribution in [0.25, 0.3) is 11.0 Å². The van der Waals surface area contributed by atoms with Crippen molar-refractivity contribution in [2.75, 3.05) is 23.3 Å². The molecule has 0 atom stereocenters. The average Bonchev–Trinajstić information content (AvgIpc) is 3.59. The predicted octanol–water partition coefficient (Wildman–Crippen LogP) is 5.42. The van der Waals surface area contributed by atoms with Gasteiger partial charge in [0, 0.05) is 31.7 Å². The van der Waals surface area contributed by atoms with Crippen LogP contribution in [0.5, 0.6) is 0 Å². The van der Waals surface area contributed by atoms with Gasteiger partial charge in [0.25, 0.3) is 5.91 Å². The van der Waals surface area contributed by atoms with Gasteiger partial charge in [0.15, 0.2) is 5.65 Å². The van der Waals surface area contributed by atoms with Gasteiger partial charge in [-0.1, -0.05) is 0 Å². The van der Waals surface area contributed by atoms with Gasteiger partial charge in [-0.2, -0.15) is 18.3 Å². The number of fused-ring (bicyclic) bond motifs is 1. The molecule has 0 unspecified atom stereocenters. The van der Waals surface area contributed by atoms with E-state index in [-0.39, 0.29) is 5.69 Å². The smallest absolute Gasteiger partial charge is 0.370 e. The number of amides is 1. The molecule has 1 aliphatic heterocycles. The average molecular weight is 458 g/mol. The van der Waals surface area contributed by atoms with Crippen LogP contribution in [0.1, 0.15) is 65.3 Å². The summed E-state index contributed by atoms with van der Waals surface area (Å²) in [7, 11) is 1.78. The molecule has 0 radical (unpaired) electrons. The van der Waals surface area contributed by atoms with E-state index in [1.54, 1.807) is 24.7 Å². The van der Waals surface area contributed by atoms with E-state index in [0.29, 0.717) is 33.9 Å². The van der Waals surface area contributed by atoms with E-state index in [9.17, 15) is 18.0 Å². The minimum atomic E-state index is -4.50. The highest BCUT2D eigenvalue weighted by Crippen LogP contribution is 2.41. The fourth-order valence-corrected chi connectivity index (χ4v) is 4.64. The SMILES string of the molecule is Cc1nn(C)c2nc(C3CC3)cc(C(=O)Nc3cc(C(F)(F)F)ccc3N3CCCCC3)c12. The van der Waals surface area contributed by atoms with E-state index in [1.165, 1.54) is 6.07 Å². The highest BCUT2D eigenvalue weighted by atomic mass is 19.4. The monoisotopic (exact) mass is 457 g/mol. The van der Waals surface area contributed by atoms with Crippen LogP contribution in [0.2, 0.25) is 0 Å². The first-order valence-electron chi connectivity index (χ1n) is 11.3. The van der Waals surface area contributed by atoms with Crippen LogP contribution in [0, 0.1) is 6.92 Å². The van der Waals surface area contributed by atoms with Gasteiger partial charge in [0.2, 0.25) is 0 Å². The first-order chi connectivity index (χ1) is 15.7. The molecule has 3 heterocycles. The van der Waals surface area contributed by atoms with E-state index < -0.39 is 17.6 Å². The van der Waals surface area contributed by atoms with Gasteiger partial charge in [-0.3, -0.25) is 9.48 Å². The Bertz CT molecular complexity index is 1220. The topological polar surface area (TPSA) is 63.1 Å². The molecule has 1 aromatic carbocycles. The molecule has 1 saturated carbocycles. The molecular formula is C24H26F3N5O. The number of rotatable bonds is 4. The summed E-state index contributed by atoms with van der Waals surface area (Å²) in [4.78, 5) is 20.3. The summed E-state index contributed by atoms with van der Waals surface area (Å²) in [5, 5.41) is 7.85. The van der Waals surface area contributed by atoms with Crippen molar-refractivity contribution < 1.29 is 18.0 Å². The number of pyridine rings is 1. The number of benzene rings is 1. The Morgan fingerprint density at radius 2 is 1.85 bits per heavy atom. The third kappa shape index (κ3) is 4.16. The third-order valence-corrected chi connectivity index (χ3v) is 6.50. The third-order valence-electron chi connectivity index (χ3n) is 6.50. The highest BCUT2D eigenvalue weighted by molar-refractivity contribution is 6.13. The van der Waals surface area contributed by atoms with Gasteiger partial charge in [-0.15, -0.1) is 0 Å². The molecule has 1 saturated heterocycles. The van der Waals surface area contributed by atoms with Crippen molar-refractivity contribution in [2.45, 2.75) is 51.1 Å². The summed E-state index contributed by atoms with van der Waals surface area (Å²) in [5.41, 5.74) is 2.51. The number of piperidine rings is 1. The number of hydrogen-bond donors (Lipinski definition) is 1. The van der Waals surface area contributed by atoms with Crippen LogP contribution in [0.3, 0.4) is 0 Å². The lowest BCUT2D eigenvalue weighted by Crippen LogP contribution is -2.30. The van der Waals surface area contributed by atoms with E-state index in [2.05, 4.69) is 10.4 Å². The fourth-order valence-electron chi connectivity index (χ4n) is 4.64.